The van der Waals surface area contributed by atoms with E-state index < -0.39 is 0 Å². The van der Waals surface area contributed by atoms with Gasteiger partial charge in [-0.15, -0.1) is 0 Å². The average Bonchev–Trinajstić information content (AvgIpc) is 3.15. The summed E-state index contributed by atoms with van der Waals surface area (Å²) in [6.07, 6.45) is 0. The molecule has 8 aromatic rings. The van der Waals surface area contributed by atoms with Gasteiger partial charge in [0.15, 0.2) is 0 Å². The number of fused-ring (bicyclic) bond motifs is 2. The first-order valence-electron chi connectivity index (χ1n) is 16.1. The summed E-state index contributed by atoms with van der Waals surface area (Å²) < 4.78 is 0. The SMILES string of the molecule is CN(c1ccc(-c2ccc(N(c3cccc(-c4ccccc4)c3)c3ccc4ccccc4c3)cc2)cc1)c1ccc2ccccc2c1. The zero-order valence-electron chi connectivity index (χ0n) is 26.3. The maximum atomic E-state index is 2.35. The lowest BCUT2D eigenvalue weighted by Crippen LogP contribution is -2.10. The van der Waals surface area contributed by atoms with Crippen molar-refractivity contribution in [1.82, 2.24) is 0 Å². The van der Waals surface area contributed by atoms with Crippen molar-refractivity contribution in [3.63, 3.8) is 0 Å². The van der Waals surface area contributed by atoms with E-state index in [1.807, 2.05) is 0 Å². The molecule has 0 aliphatic carbocycles. The molecule has 2 heteroatoms. The molecule has 224 valence electrons. The molecule has 47 heavy (non-hydrogen) atoms. The molecule has 0 unspecified atom stereocenters. The molecule has 0 bridgehead atoms. The molecule has 0 saturated carbocycles. The summed E-state index contributed by atoms with van der Waals surface area (Å²) in [5, 5.41) is 4.96. The maximum Gasteiger partial charge on any atom is 0.0468 e. The van der Waals surface area contributed by atoms with Crippen LogP contribution in [0.15, 0.2) is 188 Å². The van der Waals surface area contributed by atoms with Crippen molar-refractivity contribution < 1.29 is 0 Å². The predicted molar refractivity (Wildman–Crippen MR) is 202 cm³/mol. The van der Waals surface area contributed by atoms with Crippen molar-refractivity contribution in [2.45, 2.75) is 0 Å². The van der Waals surface area contributed by atoms with Crippen LogP contribution in [-0.2, 0) is 0 Å². The Hall–Kier alpha value is -6.12. The van der Waals surface area contributed by atoms with Gasteiger partial charge >= 0.3 is 0 Å². The topological polar surface area (TPSA) is 6.48 Å². The predicted octanol–water partition coefficient (Wildman–Crippen LogP) is 12.6. The molecule has 2 nitrogen and oxygen atoms in total. The maximum absolute atomic E-state index is 2.35. The Kier molecular flexibility index (Phi) is 7.45. The molecule has 0 amide bonds. The average molecular weight is 603 g/mol. The molecule has 0 fully saturated rings. The van der Waals surface area contributed by atoms with Gasteiger partial charge in [-0.3, -0.25) is 0 Å². The van der Waals surface area contributed by atoms with Crippen LogP contribution in [0, 0.1) is 0 Å². The van der Waals surface area contributed by atoms with Gasteiger partial charge in [-0.2, -0.15) is 0 Å². The molecule has 0 aliphatic heterocycles. The molecule has 0 atom stereocenters. The van der Waals surface area contributed by atoms with Crippen molar-refractivity contribution in [3.8, 4) is 22.3 Å². The Morgan fingerprint density at radius 3 is 1.36 bits per heavy atom. The van der Waals surface area contributed by atoms with Crippen LogP contribution < -0.4 is 9.80 Å². The smallest absolute Gasteiger partial charge is 0.0468 e. The third-order valence-electron chi connectivity index (χ3n) is 9.04. The molecular weight excluding hydrogens is 569 g/mol. The fourth-order valence-corrected chi connectivity index (χ4v) is 6.43. The van der Waals surface area contributed by atoms with E-state index in [0.29, 0.717) is 0 Å². The van der Waals surface area contributed by atoms with Crippen LogP contribution in [0.2, 0.25) is 0 Å². The number of anilines is 5. The van der Waals surface area contributed by atoms with Crippen molar-refractivity contribution in [3.05, 3.63) is 188 Å². The molecule has 0 heterocycles. The third kappa shape index (κ3) is 5.74. The highest BCUT2D eigenvalue weighted by Gasteiger charge is 2.15. The zero-order valence-corrected chi connectivity index (χ0v) is 26.3. The van der Waals surface area contributed by atoms with Crippen LogP contribution in [0.5, 0.6) is 0 Å². The van der Waals surface area contributed by atoms with Crippen LogP contribution in [0.1, 0.15) is 0 Å². The summed E-state index contributed by atoms with van der Waals surface area (Å²) in [6, 6.07) is 67.5. The molecule has 0 saturated heterocycles. The lowest BCUT2D eigenvalue weighted by Gasteiger charge is -2.26. The molecule has 0 aromatic heterocycles. The van der Waals surface area contributed by atoms with Crippen LogP contribution in [0.25, 0.3) is 43.8 Å². The van der Waals surface area contributed by atoms with Crippen molar-refractivity contribution in [2.24, 2.45) is 0 Å². The van der Waals surface area contributed by atoms with E-state index in [-0.39, 0.29) is 0 Å². The summed E-state index contributed by atoms with van der Waals surface area (Å²) in [4.78, 5) is 4.59. The largest absolute Gasteiger partial charge is 0.345 e. The van der Waals surface area contributed by atoms with Gasteiger partial charge < -0.3 is 9.80 Å². The first kappa shape index (κ1) is 28.4. The van der Waals surface area contributed by atoms with Gasteiger partial charge in [0.2, 0.25) is 0 Å². The molecular formula is C45H34N2. The second-order valence-corrected chi connectivity index (χ2v) is 12.0. The van der Waals surface area contributed by atoms with E-state index in [2.05, 4.69) is 205 Å². The Morgan fingerprint density at radius 2 is 0.723 bits per heavy atom. The van der Waals surface area contributed by atoms with Crippen molar-refractivity contribution in [2.75, 3.05) is 16.8 Å². The molecule has 0 aliphatic rings. The van der Waals surface area contributed by atoms with Crippen LogP contribution >= 0.6 is 0 Å². The number of hydrogen-bond acceptors (Lipinski definition) is 2. The fraction of sp³-hybridized carbons (Fsp3) is 0.0222. The van der Waals surface area contributed by atoms with E-state index in [0.717, 1.165) is 22.7 Å². The molecule has 0 N–H and O–H groups in total. The minimum absolute atomic E-state index is 1.11. The van der Waals surface area contributed by atoms with E-state index in [9.17, 15) is 0 Å². The van der Waals surface area contributed by atoms with Crippen LogP contribution in [-0.4, -0.2) is 7.05 Å². The van der Waals surface area contributed by atoms with E-state index in [1.165, 1.54) is 49.5 Å². The van der Waals surface area contributed by atoms with Crippen molar-refractivity contribution in [1.29, 1.82) is 0 Å². The Labute approximate surface area is 276 Å². The van der Waals surface area contributed by atoms with Crippen molar-refractivity contribution >= 4 is 50.0 Å². The fourth-order valence-electron chi connectivity index (χ4n) is 6.43. The van der Waals surface area contributed by atoms with Gasteiger partial charge in [-0.05, 0) is 104 Å². The van der Waals surface area contributed by atoms with E-state index >= 15 is 0 Å². The molecule has 0 radical (unpaired) electrons. The first-order valence-corrected chi connectivity index (χ1v) is 16.1. The Bertz CT molecular complexity index is 2310. The lowest BCUT2D eigenvalue weighted by molar-refractivity contribution is 1.21. The van der Waals surface area contributed by atoms with Crippen LogP contribution in [0.4, 0.5) is 28.4 Å². The van der Waals surface area contributed by atoms with Crippen LogP contribution in [0.3, 0.4) is 0 Å². The summed E-state index contributed by atoms with van der Waals surface area (Å²) >= 11 is 0. The Balaban J connectivity index is 1.12. The number of rotatable bonds is 7. The number of nitrogens with zero attached hydrogens (tertiary/aromatic N) is 2. The van der Waals surface area contributed by atoms with E-state index in [1.54, 1.807) is 0 Å². The van der Waals surface area contributed by atoms with Gasteiger partial charge in [0.25, 0.3) is 0 Å². The van der Waals surface area contributed by atoms with Gasteiger partial charge in [-0.25, -0.2) is 0 Å². The highest BCUT2D eigenvalue weighted by Crippen LogP contribution is 2.39. The van der Waals surface area contributed by atoms with Gasteiger partial charge in [0, 0.05) is 35.5 Å². The van der Waals surface area contributed by atoms with Gasteiger partial charge in [-0.1, -0.05) is 127 Å². The standard InChI is InChI=1S/C45H34N2/c1-46(43-28-22-34-12-5-7-14-38(34)30-43)41-24-18-36(19-25-41)37-20-26-42(27-21-37)47(45-29-23-35-13-6-8-15-39(35)32-45)44-17-9-16-40(31-44)33-10-3-2-4-11-33/h2-32H,1H3. The van der Waals surface area contributed by atoms with Gasteiger partial charge in [0.1, 0.15) is 0 Å². The highest BCUT2D eigenvalue weighted by molar-refractivity contribution is 5.90. The minimum Gasteiger partial charge on any atom is -0.345 e. The second kappa shape index (κ2) is 12.3. The number of benzene rings is 8. The minimum atomic E-state index is 1.11. The monoisotopic (exact) mass is 602 g/mol. The Morgan fingerprint density at radius 1 is 0.277 bits per heavy atom. The lowest BCUT2D eigenvalue weighted by atomic mass is 10.0. The van der Waals surface area contributed by atoms with E-state index in [4.69, 9.17) is 0 Å². The summed E-state index contributed by atoms with van der Waals surface area (Å²) in [5.74, 6) is 0. The molecule has 8 aromatic carbocycles. The normalized spacial score (nSPS) is 11.1. The van der Waals surface area contributed by atoms with Gasteiger partial charge in [0.05, 0.1) is 0 Å². The number of hydrogen-bond donors (Lipinski definition) is 0. The summed E-state index contributed by atoms with van der Waals surface area (Å²) in [6.45, 7) is 0. The molecule has 8 rings (SSSR count). The first-order chi connectivity index (χ1) is 23.2. The summed E-state index contributed by atoms with van der Waals surface area (Å²) in [7, 11) is 2.13. The summed E-state index contributed by atoms with van der Waals surface area (Å²) in [5.41, 5.74) is 10.5. The highest BCUT2D eigenvalue weighted by atomic mass is 15.1. The zero-order chi connectivity index (χ0) is 31.6. The third-order valence-corrected chi connectivity index (χ3v) is 9.04. The quantitative estimate of drug-likeness (QED) is 0.179. The molecule has 0 spiro atoms. The second-order valence-electron chi connectivity index (χ2n) is 12.0.